The molecule has 1 fully saturated rings. The normalized spacial score (nSPS) is 14.6. The van der Waals surface area contributed by atoms with Gasteiger partial charge in [-0.25, -0.2) is 8.78 Å². The Morgan fingerprint density at radius 1 is 1.13 bits per heavy atom. The van der Waals surface area contributed by atoms with Gasteiger partial charge in [-0.3, -0.25) is 9.89 Å². The summed E-state index contributed by atoms with van der Waals surface area (Å²) in [7, 11) is 2.11. The number of halogens is 2. The van der Waals surface area contributed by atoms with Gasteiger partial charge in [-0.1, -0.05) is 20.4 Å². The van der Waals surface area contributed by atoms with Crippen molar-refractivity contribution in [1.29, 1.82) is 0 Å². The van der Waals surface area contributed by atoms with Crippen molar-refractivity contribution in [2.45, 2.75) is 33.4 Å². The molecule has 0 radical (unpaired) electrons. The number of allylic oxidation sites excluding steroid dienone is 1. The number of hydrogen-bond donors (Lipinski definition) is 3. The highest BCUT2D eigenvalue weighted by Crippen LogP contribution is 2.29. The number of H-pyrrole nitrogens is 1. The average molecular weight is 535 g/mol. The summed E-state index contributed by atoms with van der Waals surface area (Å²) in [6, 6.07) is 10.3. The van der Waals surface area contributed by atoms with Gasteiger partial charge in [0.25, 0.3) is 5.91 Å². The van der Waals surface area contributed by atoms with Crippen LogP contribution in [0.25, 0.3) is 17.7 Å². The molecule has 2 aromatic carbocycles. The molecule has 0 saturated carbocycles. The fourth-order valence-electron chi connectivity index (χ4n) is 4.54. The van der Waals surface area contributed by atoms with Gasteiger partial charge < -0.3 is 20.4 Å². The zero-order valence-corrected chi connectivity index (χ0v) is 22.9. The predicted octanol–water partition coefficient (Wildman–Crippen LogP) is 5.39. The van der Waals surface area contributed by atoms with Crippen LogP contribution in [0.2, 0.25) is 0 Å². The minimum Gasteiger partial charge on any atom is -0.369 e. The molecule has 206 valence electrons. The Morgan fingerprint density at radius 3 is 2.36 bits per heavy atom. The number of rotatable bonds is 9. The molecule has 39 heavy (non-hydrogen) atoms. The van der Waals surface area contributed by atoms with Crippen LogP contribution >= 0.6 is 0 Å². The molecule has 3 N–H and O–H groups in total. The standard InChI is InChI=1S/C30H36F2N6O/c1-6-27-24(15-20(4)28-25(31)16-21(17-26(28)32)18-33-19(2)3)29(36-35-27)34-30(39)22-7-9-23(10-8-22)38-13-11-37(5)12-14-38/h6-10,15-17,19,33H,1,11-14,18H2,2-5H3,(H2,34,35,36,39)/b20-15+. The van der Waals surface area contributed by atoms with Gasteiger partial charge in [0.2, 0.25) is 0 Å². The van der Waals surface area contributed by atoms with Crippen molar-refractivity contribution in [2.24, 2.45) is 0 Å². The van der Waals surface area contributed by atoms with Gasteiger partial charge in [0.05, 0.1) is 5.69 Å². The van der Waals surface area contributed by atoms with E-state index in [4.69, 9.17) is 0 Å². The Morgan fingerprint density at radius 2 is 1.77 bits per heavy atom. The molecule has 2 heterocycles. The van der Waals surface area contributed by atoms with Gasteiger partial charge in [0, 0.05) is 61.1 Å². The first-order valence-electron chi connectivity index (χ1n) is 13.1. The summed E-state index contributed by atoms with van der Waals surface area (Å²) in [6.45, 7) is 13.6. The molecule has 1 aromatic heterocycles. The number of likely N-dealkylation sites (N-methyl/N-ethyl adjacent to an activating group) is 1. The third kappa shape index (κ3) is 6.79. The van der Waals surface area contributed by atoms with Crippen molar-refractivity contribution in [3.05, 3.63) is 82.6 Å². The first kappa shape index (κ1) is 28.2. The van der Waals surface area contributed by atoms with Crippen LogP contribution in [0.5, 0.6) is 0 Å². The largest absolute Gasteiger partial charge is 0.369 e. The molecule has 1 amide bonds. The summed E-state index contributed by atoms with van der Waals surface area (Å²) < 4.78 is 30.0. The molecule has 3 aromatic rings. The molecule has 7 nitrogen and oxygen atoms in total. The molecule has 1 aliphatic heterocycles. The monoisotopic (exact) mass is 534 g/mol. The molecule has 0 unspecified atom stereocenters. The second-order valence-electron chi connectivity index (χ2n) is 10.2. The summed E-state index contributed by atoms with van der Waals surface area (Å²) in [5.41, 5.74) is 3.30. The van der Waals surface area contributed by atoms with Gasteiger partial charge >= 0.3 is 0 Å². The lowest BCUT2D eigenvalue weighted by atomic mass is 10.0. The van der Waals surface area contributed by atoms with Gasteiger partial charge in [-0.2, -0.15) is 5.10 Å². The molecule has 0 aliphatic carbocycles. The SMILES string of the molecule is C=Cc1[nH]nc(NC(=O)c2ccc(N3CCN(C)CC3)cc2)c1/C=C(\C)c1c(F)cc(CNC(C)C)cc1F. The Hall–Kier alpha value is -3.82. The average Bonchev–Trinajstić information content (AvgIpc) is 3.28. The number of carbonyl (C=O) groups excluding carboxylic acids is 1. The van der Waals surface area contributed by atoms with Crippen molar-refractivity contribution in [3.63, 3.8) is 0 Å². The number of nitrogens with zero attached hydrogens (tertiary/aromatic N) is 3. The number of benzene rings is 2. The highest BCUT2D eigenvalue weighted by atomic mass is 19.1. The molecule has 0 bridgehead atoms. The summed E-state index contributed by atoms with van der Waals surface area (Å²) in [5, 5.41) is 13.0. The van der Waals surface area contributed by atoms with Crippen LogP contribution in [0.15, 0.2) is 43.0 Å². The van der Waals surface area contributed by atoms with E-state index in [2.05, 4.69) is 44.3 Å². The highest BCUT2D eigenvalue weighted by molar-refractivity contribution is 6.05. The van der Waals surface area contributed by atoms with E-state index in [0.717, 1.165) is 31.9 Å². The molecule has 0 atom stereocenters. The highest BCUT2D eigenvalue weighted by Gasteiger charge is 2.19. The lowest BCUT2D eigenvalue weighted by molar-refractivity contribution is 0.102. The third-order valence-corrected chi connectivity index (χ3v) is 6.84. The summed E-state index contributed by atoms with van der Waals surface area (Å²) >= 11 is 0. The Kier molecular flexibility index (Phi) is 8.93. The Labute approximate surface area is 228 Å². The number of aromatic amines is 1. The molecule has 0 spiro atoms. The predicted molar refractivity (Wildman–Crippen MR) is 155 cm³/mol. The second-order valence-corrected chi connectivity index (χ2v) is 10.2. The molecule has 1 aliphatic rings. The fraction of sp³-hybridized carbons (Fsp3) is 0.333. The van der Waals surface area contributed by atoms with Crippen LogP contribution in [0.1, 0.15) is 53.5 Å². The first-order valence-corrected chi connectivity index (χ1v) is 13.1. The number of nitrogens with one attached hydrogen (secondary N) is 3. The summed E-state index contributed by atoms with van der Waals surface area (Å²) in [5.74, 6) is -1.40. The molecule has 1 saturated heterocycles. The number of anilines is 2. The summed E-state index contributed by atoms with van der Waals surface area (Å²) in [4.78, 5) is 17.6. The van der Waals surface area contributed by atoms with Crippen LogP contribution in [-0.2, 0) is 6.54 Å². The number of aromatic nitrogens is 2. The van der Waals surface area contributed by atoms with E-state index in [-0.39, 0.29) is 23.3 Å². The minimum absolute atomic E-state index is 0.128. The first-order chi connectivity index (χ1) is 18.7. The van der Waals surface area contributed by atoms with Gasteiger partial charge in [0.15, 0.2) is 5.82 Å². The van der Waals surface area contributed by atoms with Crippen molar-refractivity contribution in [3.8, 4) is 0 Å². The zero-order valence-electron chi connectivity index (χ0n) is 22.9. The van der Waals surface area contributed by atoms with E-state index in [0.29, 0.717) is 34.5 Å². The number of piperazine rings is 1. The third-order valence-electron chi connectivity index (χ3n) is 6.84. The van der Waals surface area contributed by atoms with E-state index >= 15 is 0 Å². The quantitative estimate of drug-likeness (QED) is 0.343. The maximum Gasteiger partial charge on any atom is 0.256 e. The van der Waals surface area contributed by atoms with Crippen LogP contribution in [0, 0.1) is 11.6 Å². The molecule has 4 rings (SSSR count). The van der Waals surface area contributed by atoms with E-state index < -0.39 is 11.6 Å². The maximum atomic E-state index is 15.0. The molecule has 9 heteroatoms. The topological polar surface area (TPSA) is 76.3 Å². The van der Waals surface area contributed by atoms with E-state index in [1.807, 2.05) is 26.0 Å². The minimum atomic E-state index is -0.654. The van der Waals surface area contributed by atoms with Crippen LogP contribution < -0.4 is 15.5 Å². The van der Waals surface area contributed by atoms with Gasteiger partial charge in [0.1, 0.15) is 11.6 Å². The van der Waals surface area contributed by atoms with E-state index in [1.165, 1.54) is 12.1 Å². The van der Waals surface area contributed by atoms with Crippen LogP contribution in [0.4, 0.5) is 20.3 Å². The zero-order chi connectivity index (χ0) is 28.1. The van der Waals surface area contributed by atoms with Crippen molar-refractivity contribution in [2.75, 3.05) is 43.4 Å². The maximum absolute atomic E-state index is 15.0. The number of hydrogen-bond acceptors (Lipinski definition) is 5. The summed E-state index contributed by atoms with van der Waals surface area (Å²) in [6.07, 6.45) is 3.14. The smallest absolute Gasteiger partial charge is 0.256 e. The van der Waals surface area contributed by atoms with Crippen molar-refractivity contribution < 1.29 is 13.6 Å². The molecular weight excluding hydrogens is 498 g/mol. The van der Waals surface area contributed by atoms with E-state index in [9.17, 15) is 13.6 Å². The van der Waals surface area contributed by atoms with Gasteiger partial charge in [-0.15, -0.1) is 0 Å². The Bertz CT molecular complexity index is 1330. The number of carbonyl (C=O) groups is 1. The van der Waals surface area contributed by atoms with Gasteiger partial charge in [-0.05, 0) is 73.7 Å². The van der Waals surface area contributed by atoms with Crippen LogP contribution in [0.3, 0.4) is 0 Å². The van der Waals surface area contributed by atoms with E-state index in [1.54, 1.807) is 31.2 Å². The number of amides is 1. The lowest BCUT2D eigenvalue weighted by Gasteiger charge is -2.34. The lowest BCUT2D eigenvalue weighted by Crippen LogP contribution is -2.44. The van der Waals surface area contributed by atoms with Crippen LogP contribution in [-0.4, -0.2) is 60.3 Å². The molecular formula is C30H36F2N6O. The fourth-order valence-corrected chi connectivity index (χ4v) is 4.54. The van der Waals surface area contributed by atoms with Crippen molar-refractivity contribution in [1.82, 2.24) is 20.4 Å². The van der Waals surface area contributed by atoms with Crippen molar-refractivity contribution >= 4 is 35.1 Å². The Balaban J connectivity index is 1.54. The second kappa shape index (κ2) is 12.4.